The van der Waals surface area contributed by atoms with Crippen LogP contribution in [0.3, 0.4) is 0 Å². The Morgan fingerprint density at radius 3 is 1.98 bits per heavy atom. The number of aliphatic hydroxyl groups is 1. The number of hydrogen-bond acceptors (Lipinski definition) is 8. The first-order valence-corrected chi connectivity index (χ1v) is 20.4. The van der Waals surface area contributed by atoms with Crippen LogP contribution in [-0.4, -0.2) is 84.8 Å². The predicted octanol–water partition coefficient (Wildman–Crippen LogP) is 8.97. The van der Waals surface area contributed by atoms with Crippen molar-refractivity contribution in [2.75, 3.05) is 47.0 Å². The van der Waals surface area contributed by atoms with Crippen LogP contribution in [0.1, 0.15) is 45.7 Å². The van der Waals surface area contributed by atoms with Crippen molar-refractivity contribution in [3.63, 3.8) is 0 Å². The normalized spacial score (nSPS) is 11.0. The van der Waals surface area contributed by atoms with Gasteiger partial charge in [0.05, 0.1) is 23.9 Å². The number of halogens is 4. The summed E-state index contributed by atoms with van der Waals surface area (Å²) >= 11 is 6.73. The highest BCUT2D eigenvalue weighted by Crippen LogP contribution is 2.33. The summed E-state index contributed by atoms with van der Waals surface area (Å²) in [5, 5.41) is 27.9. The highest BCUT2D eigenvalue weighted by atomic mass is 79.9. The Hall–Kier alpha value is -3.57. The Morgan fingerprint density at radius 2 is 1.42 bits per heavy atom. The monoisotopic (exact) mass is 907 g/mol. The Kier molecular flexibility index (Phi) is 19.2. The fraction of sp³-hybridized carbons (Fsp3) is 0.350. The highest BCUT2D eigenvalue weighted by molar-refractivity contribution is 9.10. The quantitative estimate of drug-likeness (QED) is 0.0897. The molecule has 0 spiro atoms. The summed E-state index contributed by atoms with van der Waals surface area (Å²) in [6.07, 6.45) is 3.67. The number of hydrogen-bond donors (Lipinski definition) is 4. The summed E-state index contributed by atoms with van der Waals surface area (Å²) in [5.74, 6) is -0.814. The van der Waals surface area contributed by atoms with Crippen LogP contribution in [-0.2, 0) is 23.2 Å². The van der Waals surface area contributed by atoms with Gasteiger partial charge in [-0.3, -0.25) is 5.10 Å². The first-order chi connectivity index (χ1) is 25.3. The number of nitrogens with one attached hydrogen (secondary N) is 3. The third-order valence-corrected chi connectivity index (χ3v) is 10.1. The van der Waals surface area contributed by atoms with E-state index in [9.17, 15) is 17.2 Å². The molecule has 2 aromatic heterocycles. The van der Waals surface area contributed by atoms with E-state index in [0.717, 1.165) is 55.4 Å². The second-order valence-corrected chi connectivity index (χ2v) is 16.1. The molecular weight excluding hydrogens is 856 g/mol. The van der Waals surface area contributed by atoms with E-state index in [4.69, 9.17) is 5.11 Å². The van der Waals surface area contributed by atoms with E-state index in [1.165, 1.54) is 25.0 Å². The third-order valence-electron chi connectivity index (χ3n) is 8.19. The molecule has 0 fully saturated rings. The second kappa shape index (κ2) is 22.2. The topological polar surface area (TPSA) is 128 Å². The summed E-state index contributed by atoms with van der Waals surface area (Å²) in [4.78, 5) is 2.09. The van der Waals surface area contributed by atoms with Crippen molar-refractivity contribution in [1.82, 2.24) is 34.9 Å². The maximum Gasteiger partial charge on any atom is 0.251 e. The molecular formula is C40H53Br2F2N7O3S. The van der Waals surface area contributed by atoms with Gasteiger partial charge in [-0.25, -0.2) is 17.2 Å². The van der Waals surface area contributed by atoms with Gasteiger partial charge in [0.2, 0.25) is 0 Å². The van der Waals surface area contributed by atoms with Crippen LogP contribution in [0.2, 0.25) is 0 Å². The lowest BCUT2D eigenvalue weighted by Gasteiger charge is -2.16. The number of likely N-dealkylation sites (N-methyl/N-ethyl adjacent to an activating group) is 2. The van der Waals surface area contributed by atoms with Crippen LogP contribution >= 0.6 is 31.9 Å². The van der Waals surface area contributed by atoms with Gasteiger partial charge in [-0.2, -0.15) is 14.3 Å². The number of benzene rings is 4. The van der Waals surface area contributed by atoms with Gasteiger partial charge >= 0.3 is 0 Å². The maximum atomic E-state index is 14.9. The van der Waals surface area contributed by atoms with Crippen LogP contribution in [0.4, 0.5) is 8.78 Å². The standard InChI is InChI=1S/C19H22BrFN4O2S.C14H10BrFN2O.C5H13N.2CH4/c1-22-8-9-24(2)12-13-4-6-15(17(21)10-13)19-16-7-5-14(20)11-18(16)25(23-19)28(3,26)27;15-9-2-4-11-13(6-9)17-18-14(11)10-3-1-8(7-19)5-12(10)16;1-3-4-5-6-2;;/h4-7,10-11,22H,8-9,12H2,1-3H3;1-6,19H,7H2,(H,17,18);6H,3-5H2,1-2H3;2*1H4. The number of rotatable bonds is 12. The molecule has 0 amide bonds. The smallest absolute Gasteiger partial charge is 0.251 e. The fourth-order valence-electron chi connectivity index (χ4n) is 5.46. The summed E-state index contributed by atoms with van der Waals surface area (Å²) in [6, 6.07) is 20.5. The minimum Gasteiger partial charge on any atom is -0.392 e. The lowest BCUT2D eigenvalue weighted by atomic mass is 10.0. The van der Waals surface area contributed by atoms with E-state index < -0.39 is 15.8 Å². The van der Waals surface area contributed by atoms with Crippen molar-refractivity contribution in [1.29, 1.82) is 0 Å². The van der Waals surface area contributed by atoms with Gasteiger partial charge in [0, 0.05) is 50.5 Å². The predicted molar refractivity (Wildman–Crippen MR) is 231 cm³/mol. The largest absolute Gasteiger partial charge is 0.392 e. The number of nitrogens with zero attached hydrogens (tertiary/aromatic N) is 4. The van der Waals surface area contributed by atoms with Crippen molar-refractivity contribution < 1.29 is 22.3 Å². The molecule has 0 saturated carbocycles. The molecule has 0 radical (unpaired) electrons. The van der Waals surface area contributed by atoms with Gasteiger partial charge in [-0.15, -0.1) is 0 Å². The Labute approximate surface area is 341 Å². The number of H-pyrrole nitrogens is 1. The summed E-state index contributed by atoms with van der Waals surface area (Å²) < 4.78 is 55.8. The molecule has 0 aliphatic rings. The van der Waals surface area contributed by atoms with Gasteiger partial charge in [-0.05, 0) is 106 Å². The Bertz CT molecular complexity index is 2240. The molecule has 0 aliphatic carbocycles. The van der Waals surface area contributed by atoms with Crippen molar-refractivity contribution in [2.24, 2.45) is 0 Å². The maximum absolute atomic E-state index is 14.9. The molecule has 2 heterocycles. The number of aromatic amines is 1. The molecule has 6 rings (SSSR count). The minimum absolute atomic E-state index is 0. The summed E-state index contributed by atoms with van der Waals surface area (Å²) in [6.45, 7) is 5.49. The van der Waals surface area contributed by atoms with Crippen molar-refractivity contribution in [3.05, 3.63) is 105 Å². The number of aromatic nitrogens is 4. The molecule has 0 bridgehead atoms. The fourth-order valence-corrected chi connectivity index (χ4v) is 6.90. The molecule has 0 atom stereocenters. The van der Waals surface area contributed by atoms with E-state index in [1.54, 1.807) is 36.4 Å². The van der Waals surface area contributed by atoms with Gasteiger partial charge in [0.25, 0.3) is 10.0 Å². The molecule has 0 aliphatic heterocycles. The van der Waals surface area contributed by atoms with E-state index >= 15 is 0 Å². The van der Waals surface area contributed by atoms with E-state index in [1.807, 2.05) is 45.4 Å². The molecule has 300 valence electrons. The van der Waals surface area contributed by atoms with Crippen LogP contribution in [0.15, 0.2) is 81.7 Å². The second-order valence-electron chi connectivity index (χ2n) is 12.5. The van der Waals surface area contributed by atoms with Crippen molar-refractivity contribution >= 4 is 63.7 Å². The van der Waals surface area contributed by atoms with E-state index in [-0.39, 0.29) is 32.8 Å². The SMILES string of the molecule is C.C.CCCCNC.CNCCN(C)Cc1ccc(-c2nn(S(C)(=O)=O)c3cc(Br)ccc23)c(F)c1.OCc1ccc(-c2n[nH]c3cc(Br)ccc23)c(F)c1. The Balaban J connectivity index is 0.000000335. The van der Waals surface area contributed by atoms with Crippen LogP contribution < -0.4 is 10.6 Å². The summed E-state index contributed by atoms with van der Waals surface area (Å²) in [7, 11) is 2.22. The first kappa shape index (κ1) is 47.6. The lowest BCUT2D eigenvalue weighted by molar-refractivity contribution is 0.281. The zero-order valence-corrected chi connectivity index (χ0v) is 34.3. The van der Waals surface area contributed by atoms with E-state index in [2.05, 4.69) is 69.6 Å². The Morgan fingerprint density at radius 1 is 0.836 bits per heavy atom. The van der Waals surface area contributed by atoms with Gasteiger partial charge < -0.3 is 20.6 Å². The lowest BCUT2D eigenvalue weighted by Crippen LogP contribution is -2.26. The molecule has 6 aromatic rings. The number of aliphatic hydroxyl groups excluding tert-OH is 1. The average Bonchev–Trinajstić information content (AvgIpc) is 3.71. The van der Waals surface area contributed by atoms with Crippen LogP contribution in [0.5, 0.6) is 0 Å². The minimum atomic E-state index is -3.63. The average molecular weight is 910 g/mol. The number of unbranched alkanes of at least 4 members (excludes halogenated alkanes) is 1. The molecule has 4 aromatic carbocycles. The molecule has 0 unspecified atom stereocenters. The molecule has 4 N–H and O–H groups in total. The third kappa shape index (κ3) is 12.7. The molecule has 0 saturated heterocycles. The zero-order chi connectivity index (χ0) is 38.7. The van der Waals surface area contributed by atoms with Crippen molar-refractivity contribution in [2.45, 2.75) is 47.8 Å². The van der Waals surface area contributed by atoms with Gasteiger partial charge in [0.15, 0.2) is 0 Å². The zero-order valence-electron chi connectivity index (χ0n) is 30.4. The molecule has 15 heteroatoms. The van der Waals surface area contributed by atoms with Crippen LogP contribution in [0, 0.1) is 11.6 Å². The van der Waals surface area contributed by atoms with E-state index in [0.29, 0.717) is 40.0 Å². The summed E-state index contributed by atoms with van der Waals surface area (Å²) in [5.41, 5.74) is 4.21. The van der Waals surface area contributed by atoms with Crippen molar-refractivity contribution in [3.8, 4) is 22.5 Å². The van der Waals surface area contributed by atoms with Gasteiger partial charge in [0.1, 0.15) is 23.0 Å². The first-order valence-electron chi connectivity index (χ1n) is 17.0. The number of fused-ring (bicyclic) bond motifs is 2. The highest BCUT2D eigenvalue weighted by Gasteiger charge is 2.21. The molecule has 10 nitrogen and oxygen atoms in total. The van der Waals surface area contributed by atoms with Gasteiger partial charge in [-0.1, -0.05) is 72.2 Å². The van der Waals surface area contributed by atoms with Crippen LogP contribution in [0.25, 0.3) is 44.3 Å². The molecule has 55 heavy (non-hydrogen) atoms.